The molecule has 2 saturated carbocycles. The smallest absolute Gasteiger partial charge is 0.407 e. The minimum absolute atomic E-state index is 0.0317. The van der Waals surface area contributed by atoms with Crippen LogP contribution in [0, 0.1) is 5.92 Å². The second-order valence-electron chi connectivity index (χ2n) is 5.83. The van der Waals surface area contributed by atoms with Crippen LogP contribution in [-0.2, 0) is 25.7 Å². The molecule has 7 heteroatoms. The average Bonchev–Trinajstić information content (AvgIpc) is 2.50. The van der Waals surface area contributed by atoms with E-state index in [-0.39, 0.29) is 43.0 Å². The first-order valence-electron chi connectivity index (χ1n) is 7.67. The van der Waals surface area contributed by atoms with Gasteiger partial charge in [-0.15, -0.1) is 0 Å². The molecule has 0 bridgehead atoms. The van der Waals surface area contributed by atoms with Gasteiger partial charge in [-0.2, -0.15) is 0 Å². The molecule has 0 aliphatic heterocycles. The Balaban J connectivity index is 0.000000219. The van der Waals surface area contributed by atoms with Crippen LogP contribution in [0.1, 0.15) is 31.2 Å². The van der Waals surface area contributed by atoms with Crippen molar-refractivity contribution >= 4 is 23.6 Å². The number of ketones is 2. The Morgan fingerprint density at radius 1 is 1.04 bits per heavy atom. The molecule has 0 heterocycles. The number of amides is 1. The van der Waals surface area contributed by atoms with E-state index in [1.54, 1.807) is 0 Å². The number of benzene rings is 1. The molecule has 0 unspecified atom stereocenters. The molecular formula is C17H19NO6. The summed E-state index contributed by atoms with van der Waals surface area (Å²) in [4.78, 5) is 42.1. The van der Waals surface area contributed by atoms with E-state index in [1.807, 2.05) is 30.3 Å². The topological polar surface area (TPSA) is 110 Å². The van der Waals surface area contributed by atoms with E-state index >= 15 is 0 Å². The number of aliphatic carboxylic acids is 1. The lowest BCUT2D eigenvalue weighted by Gasteiger charge is -2.24. The van der Waals surface area contributed by atoms with Crippen LogP contribution in [0.5, 0.6) is 0 Å². The third-order valence-corrected chi connectivity index (χ3v) is 3.78. The quantitative estimate of drug-likeness (QED) is 0.868. The van der Waals surface area contributed by atoms with Crippen LogP contribution in [-0.4, -0.2) is 34.8 Å². The molecule has 3 rings (SSSR count). The zero-order valence-electron chi connectivity index (χ0n) is 13.1. The highest BCUT2D eigenvalue weighted by atomic mass is 16.5. The largest absolute Gasteiger partial charge is 0.481 e. The van der Waals surface area contributed by atoms with Gasteiger partial charge in [-0.05, 0) is 5.56 Å². The highest BCUT2D eigenvalue weighted by Crippen LogP contribution is 2.22. The van der Waals surface area contributed by atoms with Gasteiger partial charge in [0.2, 0.25) is 0 Å². The van der Waals surface area contributed by atoms with Crippen LogP contribution in [0.15, 0.2) is 30.3 Å². The summed E-state index contributed by atoms with van der Waals surface area (Å²) in [5.41, 5.74) is 0.947. The first-order valence-corrected chi connectivity index (χ1v) is 7.67. The molecule has 1 aromatic carbocycles. The number of carboxylic acid groups (broad SMARTS) is 1. The number of alkyl carbamates (subject to hydrolysis) is 1. The lowest BCUT2D eigenvalue weighted by molar-refractivity contribution is -0.149. The van der Waals surface area contributed by atoms with Crippen LogP contribution in [0.4, 0.5) is 4.79 Å². The summed E-state index contributed by atoms with van der Waals surface area (Å²) >= 11 is 0. The highest BCUT2D eigenvalue weighted by Gasteiger charge is 2.32. The fourth-order valence-corrected chi connectivity index (χ4v) is 2.19. The number of nitrogens with one attached hydrogen (secondary N) is 1. The molecule has 2 aliphatic carbocycles. The Morgan fingerprint density at radius 3 is 2.08 bits per heavy atom. The number of carbonyl (C=O) groups excluding carboxylic acids is 3. The third kappa shape index (κ3) is 5.49. The van der Waals surface area contributed by atoms with Gasteiger partial charge in [0.1, 0.15) is 18.2 Å². The molecule has 1 aromatic rings. The van der Waals surface area contributed by atoms with Gasteiger partial charge in [0.25, 0.3) is 0 Å². The van der Waals surface area contributed by atoms with Gasteiger partial charge in [0, 0.05) is 31.7 Å². The summed E-state index contributed by atoms with van der Waals surface area (Å²) in [6.45, 7) is 0.257. The summed E-state index contributed by atoms with van der Waals surface area (Å²) in [5.74, 6) is -0.960. The van der Waals surface area contributed by atoms with Crippen LogP contribution in [0.25, 0.3) is 0 Å². The lowest BCUT2D eigenvalue weighted by Crippen LogP contribution is -2.44. The molecule has 2 aliphatic rings. The van der Waals surface area contributed by atoms with Crippen molar-refractivity contribution in [3.05, 3.63) is 35.9 Å². The molecule has 0 aromatic heterocycles. The van der Waals surface area contributed by atoms with E-state index in [0.29, 0.717) is 12.8 Å². The molecule has 2 fully saturated rings. The van der Waals surface area contributed by atoms with Gasteiger partial charge in [0.05, 0.1) is 5.92 Å². The van der Waals surface area contributed by atoms with Crippen molar-refractivity contribution in [2.45, 2.75) is 38.3 Å². The summed E-state index contributed by atoms with van der Waals surface area (Å²) in [7, 11) is 0. The molecule has 128 valence electrons. The second kappa shape index (κ2) is 8.24. The monoisotopic (exact) mass is 333 g/mol. The molecule has 2 N–H and O–H groups in total. The van der Waals surface area contributed by atoms with Crippen LogP contribution in [0.3, 0.4) is 0 Å². The molecule has 7 nitrogen and oxygen atoms in total. The Hall–Kier alpha value is -2.70. The molecule has 1 amide bonds. The average molecular weight is 333 g/mol. The van der Waals surface area contributed by atoms with E-state index in [0.717, 1.165) is 5.56 Å². The number of rotatable bonds is 4. The van der Waals surface area contributed by atoms with Gasteiger partial charge in [0.15, 0.2) is 0 Å². The zero-order chi connectivity index (χ0) is 17.5. The van der Waals surface area contributed by atoms with Crippen LogP contribution >= 0.6 is 0 Å². The number of carboxylic acids is 1. The van der Waals surface area contributed by atoms with E-state index in [1.165, 1.54) is 0 Å². The maximum absolute atomic E-state index is 11.3. The summed E-state index contributed by atoms with van der Waals surface area (Å²) in [6, 6.07) is 9.43. The van der Waals surface area contributed by atoms with Crippen LogP contribution < -0.4 is 5.32 Å². The third-order valence-electron chi connectivity index (χ3n) is 3.78. The van der Waals surface area contributed by atoms with Gasteiger partial charge >= 0.3 is 12.1 Å². The number of ether oxygens (including phenoxy) is 1. The minimum Gasteiger partial charge on any atom is -0.481 e. The predicted molar refractivity (Wildman–Crippen MR) is 83.2 cm³/mol. The summed E-state index contributed by atoms with van der Waals surface area (Å²) in [6.07, 6.45) is 0.896. The number of Topliss-reactive ketones (excluding diaryl/α,β-unsaturated/α-hetero) is 2. The zero-order valence-corrected chi connectivity index (χ0v) is 13.1. The standard InChI is InChI=1S/C12H13NO3.C5H6O3/c14-11-6-10(7-11)13-12(15)16-8-9-4-2-1-3-5-9;6-4-1-3(2-4)5(7)8/h1-5,10H,6-8H2,(H,13,15);3H,1-2H2,(H,7,8). The molecule has 24 heavy (non-hydrogen) atoms. The van der Waals surface area contributed by atoms with Crippen molar-refractivity contribution < 1.29 is 29.0 Å². The Kier molecular flexibility index (Phi) is 6.06. The maximum Gasteiger partial charge on any atom is 0.407 e. The van der Waals surface area contributed by atoms with Crippen molar-refractivity contribution in [1.82, 2.24) is 5.32 Å². The Labute approximate surface area is 139 Å². The van der Waals surface area contributed by atoms with E-state index in [4.69, 9.17) is 9.84 Å². The Morgan fingerprint density at radius 2 is 1.62 bits per heavy atom. The number of carbonyl (C=O) groups is 4. The minimum atomic E-state index is -0.843. The van der Waals surface area contributed by atoms with Crippen molar-refractivity contribution in [2.75, 3.05) is 0 Å². The summed E-state index contributed by atoms with van der Waals surface area (Å²) in [5, 5.41) is 10.8. The van der Waals surface area contributed by atoms with Gasteiger partial charge in [-0.1, -0.05) is 30.3 Å². The number of hydrogen-bond acceptors (Lipinski definition) is 5. The SMILES string of the molecule is O=C1CC(C(=O)O)C1.O=C1CC(NC(=O)OCc2ccccc2)C1. The Bertz CT molecular complexity index is 611. The van der Waals surface area contributed by atoms with E-state index < -0.39 is 12.1 Å². The second-order valence-corrected chi connectivity index (χ2v) is 5.83. The summed E-state index contributed by atoms with van der Waals surface area (Å²) < 4.78 is 5.01. The molecule has 0 saturated heterocycles. The van der Waals surface area contributed by atoms with Gasteiger partial charge in [-0.25, -0.2) is 4.79 Å². The molecule has 0 spiro atoms. The number of hydrogen-bond donors (Lipinski definition) is 2. The van der Waals surface area contributed by atoms with E-state index in [2.05, 4.69) is 5.32 Å². The van der Waals surface area contributed by atoms with Crippen molar-refractivity contribution in [3.63, 3.8) is 0 Å². The molecular weight excluding hydrogens is 314 g/mol. The predicted octanol–water partition coefficient (Wildman–Crippen LogP) is 1.69. The van der Waals surface area contributed by atoms with Crippen molar-refractivity contribution in [2.24, 2.45) is 5.92 Å². The molecule has 0 atom stereocenters. The highest BCUT2D eigenvalue weighted by molar-refractivity contribution is 5.93. The normalized spacial score (nSPS) is 17.0. The van der Waals surface area contributed by atoms with Gasteiger partial charge in [-0.3, -0.25) is 14.4 Å². The lowest BCUT2D eigenvalue weighted by atomic mass is 9.84. The molecule has 0 radical (unpaired) electrons. The fourth-order valence-electron chi connectivity index (χ4n) is 2.19. The first kappa shape index (κ1) is 17.7. The van der Waals surface area contributed by atoms with Crippen LogP contribution in [0.2, 0.25) is 0 Å². The fraction of sp³-hybridized carbons (Fsp3) is 0.412. The van der Waals surface area contributed by atoms with Crippen molar-refractivity contribution in [3.8, 4) is 0 Å². The van der Waals surface area contributed by atoms with Crippen molar-refractivity contribution in [1.29, 1.82) is 0 Å². The van der Waals surface area contributed by atoms with E-state index in [9.17, 15) is 19.2 Å². The first-order chi connectivity index (χ1) is 11.4. The maximum atomic E-state index is 11.3. The van der Waals surface area contributed by atoms with Gasteiger partial charge < -0.3 is 15.2 Å².